The number of urea groups is 1. The monoisotopic (exact) mass is 424 g/mol. The number of methoxy groups -OCH3 is 1. The van der Waals surface area contributed by atoms with Gasteiger partial charge in [0.15, 0.2) is 0 Å². The van der Waals surface area contributed by atoms with E-state index >= 15 is 0 Å². The number of amides is 2. The summed E-state index contributed by atoms with van der Waals surface area (Å²) in [5.41, 5.74) is 0.700. The summed E-state index contributed by atoms with van der Waals surface area (Å²) in [6.07, 6.45) is 0.530. The maximum Gasteiger partial charge on any atom is 0.573 e. The minimum atomic E-state index is -4.84. The van der Waals surface area contributed by atoms with Crippen LogP contribution in [0.3, 0.4) is 0 Å². The van der Waals surface area contributed by atoms with Gasteiger partial charge >= 0.3 is 12.4 Å². The lowest BCUT2D eigenvalue weighted by atomic mass is 9.95. The van der Waals surface area contributed by atoms with Crippen LogP contribution in [0.4, 0.5) is 23.7 Å². The van der Waals surface area contributed by atoms with E-state index in [1.54, 1.807) is 12.3 Å². The molecule has 1 fully saturated rings. The van der Waals surface area contributed by atoms with Crippen LogP contribution in [0.2, 0.25) is 0 Å². The van der Waals surface area contributed by atoms with Crippen LogP contribution in [0.5, 0.6) is 17.4 Å². The smallest absolute Gasteiger partial charge is 0.495 e. The first kappa shape index (κ1) is 21.3. The minimum absolute atomic E-state index is 0.0226. The summed E-state index contributed by atoms with van der Waals surface area (Å²) in [6, 6.07) is 4.34. The number of nitrogens with one attached hydrogen (secondary N) is 1. The van der Waals surface area contributed by atoms with Gasteiger partial charge in [-0.2, -0.15) is 0 Å². The van der Waals surface area contributed by atoms with Gasteiger partial charge in [-0.1, -0.05) is 0 Å². The predicted molar refractivity (Wildman–Crippen MR) is 101 cm³/mol. The molecule has 1 aromatic heterocycles. The minimum Gasteiger partial charge on any atom is -0.495 e. The van der Waals surface area contributed by atoms with Gasteiger partial charge in [-0.05, 0) is 37.8 Å². The third-order valence-corrected chi connectivity index (χ3v) is 4.26. The molecule has 1 aliphatic rings. The average Bonchev–Trinajstić information content (AvgIpc) is 2.69. The summed E-state index contributed by atoms with van der Waals surface area (Å²) in [4.78, 5) is 24.1. The number of nitrogens with zero attached hydrogens (tertiary/aromatic N) is 3. The van der Waals surface area contributed by atoms with Crippen molar-refractivity contribution in [3.8, 4) is 17.4 Å². The van der Waals surface area contributed by atoms with Crippen LogP contribution in [0.1, 0.15) is 25.7 Å². The summed E-state index contributed by atoms with van der Waals surface area (Å²) in [5, 5.41) is 2.44. The lowest BCUT2D eigenvalue weighted by molar-refractivity contribution is -0.274. The van der Waals surface area contributed by atoms with Gasteiger partial charge in [0.05, 0.1) is 12.8 Å². The Morgan fingerprint density at radius 1 is 1.23 bits per heavy atom. The summed E-state index contributed by atoms with van der Waals surface area (Å²) in [6.45, 7) is 0. The number of alkyl halides is 3. The van der Waals surface area contributed by atoms with Crippen molar-refractivity contribution in [3.63, 3.8) is 0 Å². The molecule has 0 aliphatic heterocycles. The van der Waals surface area contributed by atoms with E-state index < -0.39 is 18.1 Å². The molecule has 3 rings (SSSR count). The molecule has 1 aliphatic carbocycles. The van der Waals surface area contributed by atoms with Crippen LogP contribution in [0, 0.1) is 0 Å². The van der Waals surface area contributed by atoms with E-state index in [0.717, 1.165) is 12.1 Å². The van der Waals surface area contributed by atoms with Gasteiger partial charge in [-0.15, -0.1) is 13.2 Å². The maximum atomic E-state index is 12.4. The van der Waals surface area contributed by atoms with E-state index in [0.29, 0.717) is 37.3 Å². The van der Waals surface area contributed by atoms with E-state index in [2.05, 4.69) is 25.0 Å². The first-order chi connectivity index (χ1) is 14.3. The number of aliphatic imine (C=N–C) groups is 1. The van der Waals surface area contributed by atoms with Crippen molar-refractivity contribution in [1.82, 2.24) is 9.97 Å². The van der Waals surface area contributed by atoms with Gasteiger partial charge in [-0.3, -0.25) is 0 Å². The highest BCUT2D eigenvalue weighted by Crippen LogP contribution is 2.32. The van der Waals surface area contributed by atoms with Crippen LogP contribution in [-0.2, 0) is 0 Å². The lowest BCUT2D eigenvalue weighted by Gasteiger charge is -2.23. The Labute approximate surface area is 170 Å². The second-order valence-electron chi connectivity index (χ2n) is 6.38. The maximum absolute atomic E-state index is 12.4. The fraction of sp³-hybridized carbons (Fsp3) is 0.368. The summed E-state index contributed by atoms with van der Waals surface area (Å²) in [7, 11) is 1.33. The molecule has 2 amide bonds. The molecule has 0 bridgehead atoms. The number of rotatable bonds is 5. The Kier molecular flexibility index (Phi) is 6.70. The molecule has 0 saturated heterocycles. The first-order valence-electron chi connectivity index (χ1n) is 9.06. The fourth-order valence-electron chi connectivity index (χ4n) is 2.94. The number of ether oxygens (including phenoxy) is 3. The molecule has 1 aromatic carbocycles. The van der Waals surface area contributed by atoms with Gasteiger partial charge < -0.3 is 19.5 Å². The van der Waals surface area contributed by atoms with Crippen molar-refractivity contribution in [1.29, 1.82) is 0 Å². The molecular weight excluding hydrogens is 405 g/mol. The Morgan fingerprint density at radius 3 is 2.63 bits per heavy atom. The van der Waals surface area contributed by atoms with E-state index in [-0.39, 0.29) is 17.5 Å². The highest BCUT2D eigenvalue weighted by molar-refractivity contribution is 6.01. The summed E-state index contributed by atoms with van der Waals surface area (Å²) < 4.78 is 51.9. The van der Waals surface area contributed by atoms with Crippen molar-refractivity contribution in [3.05, 3.63) is 36.8 Å². The molecule has 2 aromatic rings. The van der Waals surface area contributed by atoms with Gasteiger partial charge in [0.1, 0.15) is 23.9 Å². The SMILES string of the molecule is COc1ccc(OC(F)(F)F)cc1NC(=O)N=C1CCC(Oc2ccncn2)CC1. The molecule has 1 heterocycles. The standard InChI is InChI=1S/C19H19F3N4O4/c1-28-16-7-6-14(30-19(20,21)22)10-15(16)26-18(27)25-12-2-4-13(5-3-12)29-17-8-9-23-11-24-17/h6-11,13H,2-5H2,1H3,(H,26,27). The van der Waals surface area contributed by atoms with E-state index in [1.165, 1.54) is 19.5 Å². The average molecular weight is 424 g/mol. The Hall–Kier alpha value is -3.37. The number of hydrogen-bond acceptors (Lipinski definition) is 6. The zero-order valence-corrected chi connectivity index (χ0v) is 16.0. The molecule has 11 heteroatoms. The predicted octanol–water partition coefficient (Wildman–Crippen LogP) is 4.38. The molecule has 0 atom stereocenters. The summed E-state index contributed by atoms with van der Waals surface area (Å²) in [5.74, 6) is 0.190. The molecule has 1 saturated carbocycles. The number of benzene rings is 1. The van der Waals surface area contributed by atoms with Crippen molar-refractivity contribution < 1.29 is 32.2 Å². The number of halogens is 3. The number of aromatic nitrogens is 2. The topological polar surface area (TPSA) is 94.9 Å². The Balaban J connectivity index is 1.58. The summed E-state index contributed by atoms with van der Waals surface area (Å²) >= 11 is 0. The highest BCUT2D eigenvalue weighted by atomic mass is 19.4. The molecule has 8 nitrogen and oxygen atoms in total. The van der Waals surface area contributed by atoms with Gasteiger partial charge in [0, 0.05) is 24.0 Å². The third kappa shape index (κ3) is 6.33. The van der Waals surface area contributed by atoms with Gasteiger partial charge in [0.25, 0.3) is 0 Å². The van der Waals surface area contributed by atoms with E-state index in [1.807, 2.05) is 0 Å². The zero-order valence-electron chi connectivity index (χ0n) is 16.0. The fourth-order valence-corrected chi connectivity index (χ4v) is 2.94. The quantitative estimate of drug-likeness (QED) is 0.766. The molecular formula is C19H19F3N4O4. The van der Waals surface area contributed by atoms with Crippen molar-refractivity contribution in [2.24, 2.45) is 4.99 Å². The Morgan fingerprint density at radius 2 is 2.00 bits per heavy atom. The normalized spacial score (nSPS) is 16.5. The van der Waals surface area contributed by atoms with Crippen LogP contribution >= 0.6 is 0 Å². The van der Waals surface area contributed by atoms with Crippen molar-refractivity contribution in [2.45, 2.75) is 38.1 Å². The van der Waals surface area contributed by atoms with E-state index in [4.69, 9.17) is 9.47 Å². The third-order valence-electron chi connectivity index (χ3n) is 4.26. The molecule has 0 unspecified atom stereocenters. The largest absolute Gasteiger partial charge is 0.573 e. The molecule has 0 spiro atoms. The van der Waals surface area contributed by atoms with Crippen molar-refractivity contribution in [2.75, 3.05) is 12.4 Å². The zero-order chi connectivity index (χ0) is 21.6. The van der Waals surface area contributed by atoms with Crippen molar-refractivity contribution >= 4 is 17.4 Å². The number of carbonyl (C=O) groups excluding carboxylic acids is 1. The number of hydrogen-bond donors (Lipinski definition) is 1. The second-order valence-corrected chi connectivity index (χ2v) is 6.38. The second kappa shape index (κ2) is 9.42. The molecule has 1 N–H and O–H groups in total. The number of anilines is 1. The molecule has 160 valence electrons. The Bertz CT molecular complexity index is 896. The van der Waals surface area contributed by atoms with E-state index in [9.17, 15) is 18.0 Å². The van der Waals surface area contributed by atoms with Gasteiger partial charge in [-0.25, -0.2) is 19.8 Å². The molecule has 30 heavy (non-hydrogen) atoms. The first-order valence-corrected chi connectivity index (χ1v) is 9.06. The molecule has 0 radical (unpaired) electrons. The van der Waals surface area contributed by atoms with Gasteiger partial charge in [0.2, 0.25) is 5.88 Å². The van der Waals surface area contributed by atoms with Crippen LogP contribution in [0.25, 0.3) is 0 Å². The van der Waals surface area contributed by atoms with Crippen LogP contribution in [-0.4, -0.2) is 41.3 Å². The number of carbonyl (C=O) groups is 1. The van der Waals surface area contributed by atoms with Crippen LogP contribution in [0.15, 0.2) is 41.8 Å². The van der Waals surface area contributed by atoms with Crippen LogP contribution < -0.4 is 19.5 Å². The lowest BCUT2D eigenvalue weighted by Crippen LogP contribution is -2.25. The highest BCUT2D eigenvalue weighted by Gasteiger charge is 2.31.